The van der Waals surface area contributed by atoms with E-state index in [1.165, 1.54) is 23.1 Å². The monoisotopic (exact) mass is 548 g/mol. The zero-order chi connectivity index (χ0) is 26.2. The van der Waals surface area contributed by atoms with Crippen molar-refractivity contribution in [3.05, 3.63) is 104 Å². The van der Waals surface area contributed by atoms with Crippen LogP contribution < -0.4 is 5.32 Å². The number of hydrogen-bond acceptors (Lipinski definition) is 2. The van der Waals surface area contributed by atoms with Crippen LogP contribution in [-0.2, 0) is 29.0 Å². The van der Waals surface area contributed by atoms with Gasteiger partial charge in [0.05, 0.1) is 6.42 Å². The van der Waals surface area contributed by atoms with Crippen LogP contribution in [0.15, 0.2) is 66.7 Å². The maximum atomic E-state index is 14.6. The Hall–Kier alpha value is -2.60. The highest BCUT2D eigenvalue weighted by Gasteiger charge is 2.32. The minimum atomic E-state index is -0.896. The first-order valence-electron chi connectivity index (χ1n) is 11.7. The first kappa shape index (κ1) is 28.0. The molecule has 2 atom stereocenters. The second kappa shape index (κ2) is 13.1. The molecule has 0 unspecified atom stereocenters. The summed E-state index contributed by atoms with van der Waals surface area (Å²) in [6.45, 7) is 3.83. The van der Waals surface area contributed by atoms with E-state index in [0.717, 1.165) is 12.0 Å². The van der Waals surface area contributed by atoms with E-state index in [4.69, 9.17) is 34.8 Å². The Bertz CT molecular complexity index is 1170. The molecule has 0 saturated carbocycles. The van der Waals surface area contributed by atoms with Crippen molar-refractivity contribution >= 4 is 46.6 Å². The van der Waals surface area contributed by atoms with E-state index in [1.54, 1.807) is 18.2 Å². The predicted molar refractivity (Wildman–Crippen MR) is 144 cm³/mol. The molecule has 3 rings (SSSR count). The minimum Gasteiger partial charge on any atom is -0.352 e. The van der Waals surface area contributed by atoms with Crippen LogP contribution in [0, 0.1) is 5.82 Å². The fraction of sp³-hybridized carbons (Fsp3) is 0.286. The van der Waals surface area contributed by atoms with Crippen LogP contribution in [0.3, 0.4) is 0 Å². The van der Waals surface area contributed by atoms with Gasteiger partial charge in [-0.25, -0.2) is 4.39 Å². The minimum absolute atomic E-state index is 0.0329. The van der Waals surface area contributed by atoms with E-state index in [9.17, 15) is 14.0 Å². The van der Waals surface area contributed by atoms with E-state index in [2.05, 4.69) is 5.32 Å². The SMILES string of the molecule is CC[C@@H](C)NC(=O)[C@@H](Cc1ccccc1)N(Cc1c(Cl)cccc1Cl)C(=O)Cc1c(F)cccc1Cl. The maximum absolute atomic E-state index is 14.6. The highest BCUT2D eigenvalue weighted by Crippen LogP contribution is 2.28. The van der Waals surface area contributed by atoms with Gasteiger partial charge in [-0.1, -0.05) is 84.2 Å². The van der Waals surface area contributed by atoms with Gasteiger partial charge in [0, 0.05) is 45.2 Å². The van der Waals surface area contributed by atoms with Crippen molar-refractivity contribution in [3.8, 4) is 0 Å². The molecule has 4 nitrogen and oxygen atoms in total. The molecule has 0 fully saturated rings. The summed E-state index contributed by atoms with van der Waals surface area (Å²) in [5.74, 6) is -1.38. The molecular formula is C28H28Cl3FN2O2. The van der Waals surface area contributed by atoms with Gasteiger partial charge in [-0.15, -0.1) is 0 Å². The lowest BCUT2D eigenvalue weighted by atomic mass is 10.0. The summed E-state index contributed by atoms with van der Waals surface area (Å²) in [6, 6.07) is 17.7. The molecule has 0 heterocycles. The van der Waals surface area contributed by atoms with Crippen LogP contribution in [0.25, 0.3) is 0 Å². The van der Waals surface area contributed by atoms with Crippen molar-refractivity contribution < 1.29 is 14.0 Å². The van der Waals surface area contributed by atoms with E-state index < -0.39 is 17.8 Å². The summed E-state index contributed by atoms with van der Waals surface area (Å²) in [5.41, 5.74) is 1.44. The van der Waals surface area contributed by atoms with Crippen LogP contribution in [0.2, 0.25) is 15.1 Å². The number of carbonyl (C=O) groups excluding carboxylic acids is 2. The Morgan fingerprint density at radius 1 is 0.889 bits per heavy atom. The number of carbonyl (C=O) groups is 2. The number of nitrogens with zero attached hydrogens (tertiary/aromatic N) is 1. The summed E-state index contributed by atoms with van der Waals surface area (Å²) in [5, 5.41) is 3.86. The van der Waals surface area contributed by atoms with Gasteiger partial charge < -0.3 is 10.2 Å². The molecule has 0 radical (unpaired) electrons. The maximum Gasteiger partial charge on any atom is 0.243 e. The topological polar surface area (TPSA) is 49.4 Å². The molecule has 8 heteroatoms. The van der Waals surface area contributed by atoms with Crippen molar-refractivity contribution in [1.82, 2.24) is 10.2 Å². The molecule has 0 aliphatic rings. The van der Waals surface area contributed by atoms with Crippen molar-refractivity contribution in [2.75, 3.05) is 0 Å². The van der Waals surface area contributed by atoms with Gasteiger partial charge in [-0.2, -0.15) is 0 Å². The molecule has 0 aromatic heterocycles. The highest BCUT2D eigenvalue weighted by molar-refractivity contribution is 6.36. The lowest BCUT2D eigenvalue weighted by Crippen LogP contribution is -2.52. The third-order valence-electron chi connectivity index (χ3n) is 6.05. The number of nitrogens with one attached hydrogen (secondary N) is 1. The Kier molecular flexibility index (Phi) is 10.2. The highest BCUT2D eigenvalue weighted by atomic mass is 35.5. The van der Waals surface area contributed by atoms with E-state index in [1.807, 2.05) is 44.2 Å². The molecule has 0 aliphatic heterocycles. The van der Waals surface area contributed by atoms with Gasteiger partial charge in [0.2, 0.25) is 11.8 Å². The number of amides is 2. The fourth-order valence-electron chi connectivity index (χ4n) is 3.80. The normalized spacial score (nSPS) is 12.6. The molecule has 1 N–H and O–H groups in total. The van der Waals surface area contributed by atoms with Crippen molar-refractivity contribution in [2.45, 2.75) is 51.7 Å². The first-order valence-corrected chi connectivity index (χ1v) is 12.8. The number of rotatable bonds is 10. The summed E-state index contributed by atoms with van der Waals surface area (Å²) in [7, 11) is 0. The number of benzene rings is 3. The van der Waals surface area contributed by atoms with Gasteiger partial charge in [-0.3, -0.25) is 9.59 Å². The summed E-state index contributed by atoms with van der Waals surface area (Å²) in [6.07, 6.45) is 0.649. The third kappa shape index (κ3) is 7.22. The van der Waals surface area contributed by atoms with E-state index >= 15 is 0 Å². The second-order valence-corrected chi connectivity index (χ2v) is 9.84. The molecule has 0 spiro atoms. The smallest absolute Gasteiger partial charge is 0.243 e. The fourth-order valence-corrected chi connectivity index (χ4v) is 4.55. The second-order valence-electron chi connectivity index (χ2n) is 8.62. The van der Waals surface area contributed by atoms with E-state index in [-0.39, 0.29) is 41.9 Å². The van der Waals surface area contributed by atoms with Crippen LogP contribution in [0.4, 0.5) is 4.39 Å². The largest absolute Gasteiger partial charge is 0.352 e. The molecule has 0 saturated heterocycles. The molecular weight excluding hydrogens is 522 g/mol. The molecule has 36 heavy (non-hydrogen) atoms. The molecule has 0 aliphatic carbocycles. The summed E-state index contributed by atoms with van der Waals surface area (Å²) in [4.78, 5) is 28.7. The molecule has 2 amide bonds. The quantitative estimate of drug-likeness (QED) is 0.300. The van der Waals surface area contributed by atoms with Crippen LogP contribution >= 0.6 is 34.8 Å². The average Bonchev–Trinajstić information content (AvgIpc) is 2.85. The zero-order valence-electron chi connectivity index (χ0n) is 20.1. The predicted octanol–water partition coefficient (Wildman–Crippen LogP) is 6.88. The molecule has 190 valence electrons. The van der Waals surface area contributed by atoms with Gasteiger partial charge in [0.25, 0.3) is 0 Å². The Morgan fingerprint density at radius 3 is 2.06 bits per heavy atom. The lowest BCUT2D eigenvalue weighted by molar-refractivity contribution is -0.141. The first-order chi connectivity index (χ1) is 17.2. The zero-order valence-corrected chi connectivity index (χ0v) is 22.4. The third-order valence-corrected chi connectivity index (χ3v) is 7.11. The van der Waals surface area contributed by atoms with Crippen molar-refractivity contribution in [3.63, 3.8) is 0 Å². The lowest BCUT2D eigenvalue weighted by Gasteiger charge is -2.33. The van der Waals surface area contributed by atoms with E-state index in [0.29, 0.717) is 15.6 Å². The summed E-state index contributed by atoms with van der Waals surface area (Å²) >= 11 is 19.1. The molecule has 0 bridgehead atoms. The molecule has 3 aromatic rings. The van der Waals surface area contributed by atoms with Crippen LogP contribution in [-0.4, -0.2) is 28.8 Å². The average molecular weight is 550 g/mol. The standard InChI is InChI=1S/C28H28Cl3FN2O2/c1-3-18(2)33-28(36)26(15-19-9-5-4-6-10-19)34(17-21-23(30)11-7-12-24(21)31)27(35)16-20-22(29)13-8-14-25(20)32/h4-14,18,26H,3,15-17H2,1-2H3,(H,33,36)/t18-,26-/m1/s1. The van der Waals surface area contributed by atoms with Gasteiger partial charge in [0.1, 0.15) is 11.9 Å². The summed E-state index contributed by atoms with van der Waals surface area (Å²) < 4.78 is 14.6. The number of halogens is 4. The molecule has 3 aromatic carbocycles. The van der Waals surface area contributed by atoms with Gasteiger partial charge >= 0.3 is 0 Å². The van der Waals surface area contributed by atoms with Crippen LogP contribution in [0.1, 0.15) is 37.0 Å². The Balaban J connectivity index is 2.06. The van der Waals surface area contributed by atoms with Crippen LogP contribution in [0.5, 0.6) is 0 Å². The van der Waals surface area contributed by atoms with Crippen molar-refractivity contribution in [1.29, 1.82) is 0 Å². The van der Waals surface area contributed by atoms with Gasteiger partial charge in [-0.05, 0) is 43.2 Å². The van der Waals surface area contributed by atoms with Crippen molar-refractivity contribution in [2.24, 2.45) is 0 Å². The Morgan fingerprint density at radius 2 is 1.47 bits per heavy atom. The number of hydrogen-bond donors (Lipinski definition) is 1. The Labute approximate surface area is 226 Å². The van der Waals surface area contributed by atoms with Gasteiger partial charge in [0.15, 0.2) is 0 Å².